The molecule has 0 spiro atoms. The molecule has 38 valence electrons. The van der Waals surface area contributed by atoms with E-state index >= 15 is 0 Å². The van der Waals surface area contributed by atoms with E-state index in [9.17, 15) is 4.39 Å². The van der Waals surface area contributed by atoms with Crippen LogP contribution in [0.3, 0.4) is 0 Å². The van der Waals surface area contributed by atoms with Crippen LogP contribution in [0.4, 0.5) is 4.39 Å². The molecule has 0 heterocycles. The zero-order valence-electron chi connectivity index (χ0n) is 4.24. The smallest absolute Gasteiger partial charge is 0.0938 e. The first-order chi connectivity index (χ1) is 3.27. The molecule has 7 heavy (non-hydrogen) atoms. The second kappa shape index (κ2) is 3.42. The van der Waals surface area contributed by atoms with Crippen molar-refractivity contribution < 1.29 is 4.39 Å². The highest BCUT2D eigenvalue weighted by Crippen LogP contribution is 1.92. The van der Waals surface area contributed by atoms with Gasteiger partial charge < -0.3 is 0 Å². The van der Waals surface area contributed by atoms with Crippen LogP contribution in [0.5, 0.6) is 0 Å². The molecule has 0 aromatic rings. The van der Waals surface area contributed by atoms with Crippen molar-refractivity contribution in [2.75, 3.05) is 0 Å². The summed E-state index contributed by atoms with van der Waals surface area (Å²) < 4.78 is 11.7. The molecule has 0 rings (SSSR count). The van der Waals surface area contributed by atoms with Crippen molar-refractivity contribution in [2.24, 2.45) is 0 Å². The maximum atomic E-state index is 11.7. The summed E-state index contributed by atoms with van der Waals surface area (Å²) in [6.07, 6.45) is 6.57. The number of hydrogen-bond acceptors (Lipinski definition) is 0. The Kier molecular flexibility index (Phi) is 3.04. The molecule has 0 amide bonds. The van der Waals surface area contributed by atoms with E-state index in [1.807, 2.05) is 0 Å². The van der Waals surface area contributed by atoms with Gasteiger partial charge in [-0.05, 0) is 13.0 Å². The molecule has 0 radical (unpaired) electrons. The van der Waals surface area contributed by atoms with E-state index in [1.54, 1.807) is 0 Å². The molecule has 0 unspecified atom stereocenters. The van der Waals surface area contributed by atoms with Gasteiger partial charge in [0, 0.05) is 6.42 Å². The Morgan fingerprint density at radius 3 is 2.71 bits per heavy atom. The summed E-state index contributed by atoms with van der Waals surface area (Å²) in [7, 11) is 0. The van der Waals surface area contributed by atoms with Crippen molar-refractivity contribution in [3.05, 3.63) is 11.9 Å². The second-order valence-electron chi connectivity index (χ2n) is 1.20. The molecule has 0 fully saturated rings. The average Bonchev–Trinajstić information content (AvgIpc) is 1.61. The Bertz CT molecular complexity index is 102. The molecule has 0 aliphatic rings. The lowest BCUT2D eigenvalue weighted by molar-refractivity contribution is 0.636. The lowest BCUT2D eigenvalue weighted by Gasteiger charge is -1.75. The van der Waals surface area contributed by atoms with Crippen LogP contribution in [-0.2, 0) is 0 Å². The summed E-state index contributed by atoms with van der Waals surface area (Å²) >= 11 is 0. The fraction of sp³-hybridized carbons (Fsp3) is 0.333. The van der Waals surface area contributed by atoms with Crippen molar-refractivity contribution in [1.82, 2.24) is 0 Å². The molecule has 0 bridgehead atoms. The minimum absolute atomic E-state index is 0.210. The van der Waals surface area contributed by atoms with Crippen LogP contribution in [0.2, 0.25) is 0 Å². The van der Waals surface area contributed by atoms with Crippen LogP contribution >= 0.6 is 0 Å². The number of terminal acetylenes is 1. The van der Waals surface area contributed by atoms with Gasteiger partial charge in [0.2, 0.25) is 0 Å². The van der Waals surface area contributed by atoms with Crippen molar-refractivity contribution in [2.45, 2.75) is 13.3 Å². The molecule has 0 nitrogen and oxygen atoms in total. The zero-order chi connectivity index (χ0) is 5.70. The molecule has 0 aliphatic carbocycles. The van der Waals surface area contributed by atoms with Gasteiger partial charge in [0.15, 0.2) is 0 Å². The van der Waals surface area contributed by atoms with Crippen LogP contribution in [0.25, 0.3) is 0 Å². The minimum Gasteiger partial charge on any atom is -0.212 e. The van der Waals surface area contributed by atoms with Crippen LogP contribution in [0, 0.1) is 12.3 Å². The third-order valence-corrected chi connectivity index (χ3v) is 0.501. The predicted octanol–water partition coefficient (Wildman–Crippen LogP) is 1.88. The summed E-state index contributed by atoms with van der Waals surface area (Å²) in [5.41, 5.74) is 0. The standard InChI is InChI=1S/C6H7F/c1-3-4-5-6(2)7/h1,5H,4H2,2H3/b6-5+. The van der Waals surface area contributed by atoms with Crippen molar-refractivity contribution in [3.63, 3.8) is 0 Å². The van der Waals surface area contributed by atoms with E-state index in [-0.39, 0.29) is 5.83 Å². The van der Waals surface area contributed by atoms with E-state index < -0.39 is 0 Å². The molecular weight excluding hydrogens is 91.1 g/mol. The Hall–Kier alpha value is -0.770. The van der Waals surface area contributed by atoms with Crippen LogP contribution < -0.4 is 0 Å². The largest absolute Gasteiger partial charge is 0.212 e. The molecule has 0 aromatic heterocycles. The van der Waals surface area contributed by atoms with Gasteiger partial charge in [-0.25, -0.2) is 4.39 Å². The quantitative estimate of drug-likeness (QED) is 0.439. The first-order valence-corrected chi connectivity index (χ1v) is 2.03. The second-order valence-corrected chi connectivity index (χ2v) is 1.20. The highest BCUT2D eigenvalue weighted by molar-refractivity contribution is 4.98. The maximum Gasteiger partial charge on any atom is 0.0938 e. The summed E-state index contributed by atoms with van der Waals surface area (Å²) in [5.74, 6) is 2.07. The van der Waals surface area contributed by atoms with E-state index in [4.69, 9.17) is 6.42 Å². The topological polar surface area (TPSA) is 0 Å². The van der Waals surface area contributed by atoms with Gasteiger partial charge in [-0.1, -0.05) is 0 Å². The SMILES string of the molecule is C#CC/C=C(\C)F. The molecule has 0 N–H and O–H groups in total. The molecule has 0 saturated heterocycles. The van der Waals surface area contributed by atoms with Gasteiger partial charge in [-0.3, -0.25) is 0 Å². The Morgan fingerprint density at radius 1 is 2.00 bits per heavy atom. The summed E-state index contributed by atoms with van der Waals surface area (Å²) in [6, 6.07) is 0. The molecule has 0 aromatic carbocycles. The number of halogens is 1. The first kappa shape index (κ1) is 6.23. The fourth-order valence-corrected chi connectivity index (χ4v) is 0.200. The zero-order valence-corrected chi connectivity index (χ0v) is 4.24. The number of hydrogen-bond donors (Lipinski definition) is 0. The molecular formula is C6H7F. The van der Waals surface area contributed by atoms with Gasteiger partial charge in [-0.2, -0.15) is 0 Å². The van der Waals surface area contributed by atoms with Gasteiger partial charge in [-0.15, -0.1) is 12.3 Å². The molecule has 0 atom stereocenters. The predicted molar refractivity (Wildman–Crippen MR) is 28.3 cm³/mol. The third-order valence-electron chi connectivity index (χ3n) is 0.501. The molecule has 0 saturated carbocycles. The monoisotopic (exact) mass is 98.1 g/mol. The van der Waals surface area contributed by atoms with Crippen molar-refractivity contribution >= 4 is 0 Å². The highest BCUT2D eigenvalue weighted by atomic mass is 19.1. The van der Waals surface area contributed by atoms with Gasteiger partial charge in [0.1, 0.15) is 0 Å². The highest BCUT2D eigenvalue weighted by Gasteiger charge is 1.74. The molecule has 0 aliphatic heterocycles. The van der Waals surface area contributed by atoms with Crippen LogP contribution in [0.15, 0.2) is 11.9 Å². The summed E-state index contributed by atoms with van der Waals surface area (Å²) in [6.45, 7) is 1.37. The van der Waals surface area contributed by atoms with Crippen molar-refractivity contribution in [3.8, 4) is 12.3 Å². The fourth-order valence-electron chi connectivity index (χ4n) is 0.200. The lowest BCUT2D eigenvalue weighted by Crippen LogP contribution is -1.59. The average molecular weight is 98.1 g/mol. The summed E-state index contributed by atoms with van der Waals surface area (Å²) in [4.78, 5) is 0. The Balaban J connectivity index is 3.32. The van der Waals surface area contributed by atoms with Crippen LogP contribution in [-0.4, -0.2) is 0 Å². The third kappa shape index (κ3) is 5.23. The number of allylic oxidation sites excluding steroid dienone is 2. The van der Waals surface area contributed by atoms with Crippen LogP contribution in [0.1, 0.15) is 13.3 Å². The van der Waals surface area contributed by atoms with E-state index in [0.717, 1.165) is 0 Å². The van der Waals surface area contributed by atoms with E-state index in [1.165, 1.54) is 13.0 Å². The summed E-state index contributed by atoms with van der Waals surface area (Å²) in [5, 5.41) is 0. The Labute approximate surface area is 43.0 Å². The molecule has 1 heteroatoms. The van der Waals surface area contributed by atoms with E-state index in [0.29, 0.717) is 6.42 Å². The number of rotatable bonds is 1. The Morgan fingerprint density at radius 2 is 2.57 bits per heavy atom. The minimum atomic E-state index is -0.210. The maximum absolute atomic E-state index is 11.7. The van der Waals surface area contributed by atoms with Gasteiger partial charge in [0.25, 0.3) is 0 Å². The van der Waals surface area contributed by atoms with Crippen molar-refractivity contribution in [1.29, 1.82) is 0 Å². The van der Waals surface area contributed by atoms with Gasteiger partial charge in [0.05, 0.1) is 5.83 Å². The van der Waals surface area contributed by atoms with E-state index in [2.05, 4.69) is 5.92 Å². The lowest BCUT2D eigenvalue weighted by atomic mass is 10.4. The normalized spacial score (nSPS) is 10.7. The first-order valence-electron chi connectivity index (χ1n) is 2.03. The van der Waals surface area contributed by atoms with Gasteiger partial charge >= 0.3 is 0 Å².